The van der Waals surface area contributed by atoms with Crippen LogP contribution in [0.2, 0.25) is 5.15 Å². The molecule has 0 spiro atoms. The minimum absolute atomic E-state index is 0.0807. The van der Waals surface area contributed by atoms with Gasteiger partial charge in [-0.1, -0.05) is 24.6 Å². The summed E-state index contributed by atoms with van der Waals surface area (Å²) in [4.78, 5) is 15.9. The van der Waals surface area contributed by atoms with E-state index in [1.807, 2.05) is 35.7 Å². The predicted molar refractivity (Wildman–Crippen MR) is 122 cm³/mol. The van der Waals surface area contributed by atoms with E-state index in [-0.39, 0.29) is 5.91 Å². The number of hydrogen-bond donors (Lipinski definition) is 1. The Morgan fingerprint density at radius 1 is 1.23 bits per heavy atom. The van der Waals surface area contributed by atoms with Gasteiger partial charge in [0.25, 0.3) is 0 Å². The Kier molecular flexibility index (Phi) is 4.68. The van der Waals surface area contributed by atoms with Crippen LogP contribution in [-0.4, -0.2) is 33.9 Å². The summed E-state index contributed by atoms with van der Waals surface area (Å²) in [6.45, 7) is 2.07. The molecular formula is C23H19ClN4O2S. The molecule has 0 saturated carbocycles. The fourth-order valence-corrected chi connectivity index (χ4v) is 5.51. The first kappa shape index (κ1) is 19.9. The van der Waals surface area contributed by atoms with Crippen LogP contribution in [0.4, 0.5) is 0 Å². The Morgan fingerprint density at radius 3 is 2.84 bits per heavy atom. The van der Waals surface area contributed by atoms with E-state index in [0.29, 0.717) is 17.4 Å². The number of piperidine rings is 1. The van der Waals surface area contributed by atoms with Crippen molar-refractivity contribution >= 4 is 45.6 Å². The van der Waals surface area contributed by atoms with Crippen LogP contribution < -0.4 is 0 Å². The van der Waals surface area contributed by atoms with Crippen molar-refractivity contribution in [1.29, 1.82) is 5.41 Å². The number of rotatable bonds is 3. The van der Waals surface area contributed by atoms with Gasteiger partial charge >= 0.3 is 0 Å². The van der Waals surface area contributed by atoms with E-state index in [9.17, 15) is 4.79 Å². The number of aromatic nitrogens is 2. The van der Waals surface area contributed by atoms with Crippen molar-refractivity contribution in [3.63, 3.8) is 0 Å². The molecule has 1 fully saturated rings. The van der Waals surface area contributed by atoms with Gasteiger partial charge in [-0.05, 0) is 42.0 Å². The largest absolute Gasteiger partial charge is 0.464 e. The third kappa shape index (κ3) is 3.25. The lowest BCUT2D eigenvalue weighted by molar-refractivity contribution is -0.131. The van der Waals surface area contributed by atoms with Crippen LogP contribution in [0.3, 0.4) is 0 Å². The Hall–Kier alpha value is -3.03. The third-order valence-corrected chi connectivity index (χ3v) is 7.47. The molecule has 1 aromatic carbocycles. The Labute approximate surface area is 188 Å². The molecule has 156 valence electrons. The second-order valence-electron chi connectivity index (χ2n) is 8.03. The Balaban J connectivity index is 1.62. The van der Waals surface area contributed by atoms with Crippen molar-refractivity contribution in [3.8, 4) is 11.3 Å². The number of hydrogen-bond acceptors (Lipinski definition) is 6. The lowest BCUT2D eigenvalue weighted by Crippen LogP contribution is -2.51. The lowest BCUT2D eigenvalue weighted by atomic mass is 9.67. The molecule has 6 nitrogen and oxygen atoms in total. The number of fused-ring (bicyclic) bond motifs is 1. The number of likely N-dealkylation sites (tertiary alicyclic amines) is 1. The summed E-state index contributed by atoms with van der Waals surface area (Å²) < 4.78 is 5.47. The maximum atomic E-state index is 13.4. The summed E-state index contributed by atoms with van der Waals surface area (Å²) in [7, 11) is 1.68. The summed E-state index contributed by atoms with van der Waals surface area (Å²) >= 11 is 7.45. The molecule has 5 rings (SSSR count). The second-order valence-corrected chi connectivity index (χ2v) is 9.33. The zero-order valence-corrected chi connectivity index (χ0v) is 18.5. The van der Waals surface area contributed by atoms with Gasteiger partial charge in [0.15, 0.2) is 5.15 Å². The maximum Gasteiger partial charge on any atom is 0.236 e. The number of thiophene rings is 1. The highest BCUT2D eigenvalue weighted by atomic mass is 35.5. The summed E-state index contributed by atoms with van der Waals surface area (Å²) in [5.41, 5.74) is 2.78. The van der Waals surface area contributed by atoms with Gasteiger partial charge in [0.05, 0.1) is 17.9 Å². The van der Waals surface area contributed by atoms with Crippen LogP contribution in [0, 0.1) is 5.41 Å². The van der Waals surface area contributed by atoms with E-state index in [0.717, 1.165) is 32.7 Å². The molecule has 4 aromatic rings. The van der Waals surface area contributed by atoms with Gasteiger partial charge in [-0.3, -0.25) is 10.2 Å². The van der Waals surface area contributed by atoms with Crippen molar-refractivity contribution in [1.82, 2.24) is 15.1 Å². The molecule has 1 amide bonds. The van der Waals surface area contributed by atoms with Crippen molar-refractivity contribution in [2.45, 2.75) is 24.7 Å². The van der Waals surface area contributed by atoms with Gasteiger partial charge in [0.2, 0.25) is 5.91 Å². The number of likely N-dealkylation sites (N-methyl/N-ethyl adjacent to an activating group) is 1. The first-order chi connectivity index (χ1) is 14.9. The van der Waals surface area contributed by atoms with Gasteiger partial charge in [-0.25, -0.2) is 0 Å². The predicted octanol–water partition coefficient (Wildman–Crippen LogP) is 5.49. The highest BCUT2D eigenvalue weighted by molar-refractivity contribution is 7.10. The quantitative estimate of drug-likeness (QED) is 0.447. The number of amidine groups is 1. The molecule has 0 aliphatic carbocycles. The lowest BCUT2D eigenvalue weighted by Gasteiger charge is -2.44. The molecule has 31 heavy (non-hydrogen) atoms. The monoisotopic (exact) mass is 450 g/mol. The minimum Gasteiger partial charge on any atom is -0.464 e. The molecule has 3 aromatic heterocycles. The highest BCUT2D eigenvalue weighted by Crippen LogP contribution is 2.49. The normalized spacial score (nSPS) is 21.8. The van der Waals surface area contributed by atoms with E-state index in [2.05, 4.69) is 23.2 Å². The Bertz CT molecular complexity index is 1310. The van der Waals surface area contributed by atoms with Crippen molar-refractivity contribution < 1.29 is 9.21 Å². The van der Waals surface area contributed by atoms with Crippen LogP contribution in [0.15, 0.2) is 58.5 Å². The summed E-state index contributed by atoms with van der Waals surface area (Å²) in [5.74, 6) is -0.189. The van der Waals surface area contributed by atoms with Crippen molar-refractivity contribution in [2.75, 3.05) is 7.05 Å². The first-order valence-electron chi connectivity index (χ1n) is 9.77. The Morgan fingerprint density at radius 2 is 2.06 bits per heavy atom. The first-order valence-corrected chi connectivity index (χ1v) is 11.0. The standard InChI is InChI=1S/C23H19ClN4O2S/c1-23(18-10-15(12-31-18)16-4-6-19(24)27-26-16)11-20(25)28(2)22(29)21(23)14-3-5-17-13(9-14)7-8-30-17/h3-10,12,21,25H,11H2,1-2H3/t21-,23-/m1/s1. The number of nitrogens with zero attached hydrogens (tertiary/aromatic N) is 3. The molecule has 0 bridgehead atoms. The van der Waals surface area contributed by atoms with E-state index >= 15 is 0 Å². The van der Waals surface area contributed by atoms with Crippen molar-refractivity contribution in [3.05, 3.63) is 69.7 Å². The minimum atomic E-state index is -0.569. The fraction of sp³-hybridized carbons (Fsp3) is 0.217. The van der Waals surface area contributed by atoms with E-state index in [1.165, 1.54) is 4.90 Å². The van der Waals surface area contributed by atoms with E-state index in [1.54, 1.807) is 30.7 Å². The van der Waals surface area contributed by atoms with Gasteiger partial charge < -0.3 is 9.32 Å². The van der Waals surface area contributed by atoms with Gasteiger partial charge in [0.1, 0.15) is 11.4 Å². The zero-order valence-electron chi connectivity index (χ0n) is 16.9. The fourth-order valence-electron chi connectivity index (χ4n) is 4.31. The summed E-state index contributed by atoms with van der Waals surface area (Å²) in [6.07, 6.45) is 2.10. The molecule has 1 aliphatic rings. The summed E-state index contributed by atoms with van der Waals surface area (Å²) in [6, 6.07) is 13.4. The number of nitrogens with one attached hydrogen (secondary N) is 1. The number of furan rings is 1. The van der Waals surface area contributed by atoms with Crippen LogP contribution in [-0.2, 0) is 10.2 Å². The molecule has 1 aliphatic heterocycles. The number of benzene rings is 1. The van der Waals surface area contributed by atoms with E-state index in [4.69, 9.17) is 21.4 Å². The van der Waals surface area contributed by atoms with Crippen LogP contribution >= 0.6 is 22.9 Å². The maximum absolute atomic E-state index is 13.4. The molecule has 1 N–H and O–H groups in total. The average Bonchev–Trinajstić information content (AvgIpc) is 3.42. The van der Waals surface area contributed by atoms with Gasteiger partial charge in [0, 0.05) is 40.1 Å². The zero-order chi connectivity index (χ0) is 21.8. The molecule has 0 unspecified atom stereocenters. The molecule has 4 heterocycles. The van der Waals surface area contributed by atoms with Crippen LogP contribution in [0.25, 0.3) is 22.2 Å². The van der Waals surface area contributed by atoms with Gasteiger partial charge in [-0.2, -0.15) is 0 Å². The average molecular weight is 451 g/mol. The van der Waals surface area contributed by atoms with E-state index < -0.39 is 11.3 Å². The summed E-state index contributed by atoms with van der Waals surface area (Å²) in [5, 5.41) is 19.9. The SMILES string of the molecule is CN1C(=N)C[C@](C)(c2cc(-c3ccc(Cl)nn3)cs2)[C@H](c2ccc3occc3c2)C1=O. The highest BCUT2D eigenvalue weighted by Gasteiger charge is 2.49. The topological polar surface area (TPSA) is 83.1 Å². The molecule has 0 radical (unpaired) electrons. The van der Waals surface area contributed by atoms with Crippen molar-refractivity contribution in [2.24, 2.45) is 0 Å². The molecule has 2 atom stereocenters. The second kappa shape index (κ2) is 7.28. The number of carbonyl (C=O) groups is 1. The van der Waals surface area contributed by atoms with Crippen LogP contribution in [0.5, 0.6) is 0 Å². The third-order valence-electron chi connectivity index (χ3n) is 6.05. The smallest absolute Gasteiger partial charge is 0.236 e. The van der Waals surface area contributed by atoms with Gasteiger partial charge in [-0.15, -0.1) is 21.5 Å². The molecule has 1 saturated heterocycles. The number of carbonyl (C=O) groups excluding carboxylic acids is 1. The molecular weight excluding hydrogens is 432 g/mol. The van der Waals surface area contributed by atoms with Crippen LogP contribution in [0.1, 0.15) is 29.7 Å². The molecule has 8 heteroatoms. The number of amides is 1. The number of halogens is 1.